The van der Waals surface area contributed by atoms with E-state index >= 15 is 0 Å². The Hall–Kier alpha value is -2.80. The fourth-order valence-electron chi connectivity index (χ4n) is 4.26. The van der Waals surface area contributed by atoms with Crippen LogP contribution in [0.15, 0.2) is 64.9 Å². The molecule has 32 heavy (non-hydrogen) atoms. The molecule has 0 bridgehead atoms. The van der Waals surface area contributed by atoms with Gasteiger partial charge in [-0.05, 0) is 50.7 Å². The van der Waals surface area contributed by atoms with Gasteiger partial charge in [0.05, 0.1) is 17.1 Å². The molecule has 3 heterocycles. The summed E-state index contributed by atoms with van der Waals surface area (Å²) in [6.45, 7) is 9.93. The predicted octanol–water partition coefficient (Wildman–Crippen LogP) is 4.99. The van der Waals surface area contributed by atoms with Crippen LogP contribution in [-0.4, -0.2) is 43.9 Å². The molecule has 0 spiro atoms. The van der Waals surface area contributed by atoms with Crippen molar-refractivity contribution in [2.24, 2.45) is 5.92 Å². The molecular weight excluding hydrogens is 420 g/mol. The van der Waals surface area contributed by atoms with E-state index in [4.69, 9.17) is 4.42 Å². The molecule has 1 aromatic carbocycles. The quantitative estimate of drug-likeness (QED) is 0.357. The van der Waals surface area contributed by atoms with Gasteiger partial charge >= 0.3 is 0 Å². The smallest absolute Gasteiger partial charge is 0.235 e. The summed E-state index contributed by atoms with van der Waals surface area (Å²) in [5, 5.41) is 9.24. The normalized spacial score (nSPS) is 15.6. The number of carbonyl (C=O) groups excluding carboxylic acids is 1. The number of allylic oxidation sites excluding steroid dienone is 1. The number of piperidine rings is 1. The van der Waals surface area contributed by atoms with E-state index in [1.165, 1.54) is 17.3 Å². The minimum Gasteiger partial charge on any atom is -0.469 e. The maximum atomic E-state index is 13.1. The Morgan fingerprint density at radius 1 is 1.25 bits per heavy atom. The fraction of sp³-hybridized carbons (Fsp3) is 0.400. The molecule has 0 aliphatic carbocycles. The highest BCUT2D eigenvalue weighted by Crippen LogP contribution is 2.30. The van der Waals surface area contributed by atoms with Crippen LogP contribution in [-0.2, 0) is 17.8 Å². The molecule has 1 aliphatic heterocycles. The van der Waals surface area contributed by atoms with Crippen molar-refractivity contribution in [3.63, 3.8) is 0 Å². The monoisotopic (exact) mass is 450 g/mol. The molecular formula is C25H30N4O2S. The molecule has 1 amide bonds. The second-order valence-corrected chi connectivity index (χ2v) is 9.62. The molecule has 0 N–H and O–H groups in total. The van der Waals surface area contributed by atoms with Crippen molar-refractivity contribution in [2.75, 3.05) is 13.1 Å². The molecule has 1 atom stereocenters. The zero-order chi connectivity index (χ0) is 22.5. The molecule has 6 nitrogen and oxygen atoms in total. The first-order chi connectivity index (χ1) is 15.6. The summed E-state index contributed by atoms with van der Waals surface area (Å²) in [6.07, 6.45) is 6.66. The summed E-state index contributed by atoms with van der Waals surface area (Å²) in [5.41, 5.74) is 2.29. The number of thioether (sulfide) groups is 1. The SMILES string of the molecule is C=CCn1c(SC(C)C(=O)N2CCC(Cc3ccccc3)CC2)nnc1-c1ccoc1C. The summed E-state index contributed by atoms with van der Waals surface area (Å²) >= 11 is 1.46. The lowest BCUT2D eigenvalue weighted by Crippen LogP contribution is -2.42. The van der Waals surface area contributed by atoms with Crippen LogP contribution in [0.1, 0.15) is 31.1 Å². The van der Waals surface area contributed by atoms with Crippen molar-refractivity contribution in [2.45, 2.75) is 50.1 Å². The summed E-state index contributed by atoms with van der Waals surface area (Å²) in [4.78, 5) is 15.1. The lowest BCUT2D eigenvalue weighted by atomic mass is 9.90. The van der Waals surface area contributed by atoms with Gasteiger partial charge in [0.2, 0.25) is 5.91 Å². The van der Waals surface area contributed by atoms with Crippen LogP contribution in [0, 0.1) is 12.8 Å². The van der Waals surface area contributed by atoms with Crippen LogP contribution < -0.4 is 0 Å². The van der Waals surface area contributed by atoms with Crippen molar-refractivity contribution in [1.82, 2.24) is 19.7 Å². The van der Waals surface area contributed by atoms with Crippen molar-refractivity contribution in [3.05, 3.63) is 66.6 Å². The molecule has 3 aromatic rings. The average Bonchev–Trinajstić information content (AvgIpc) is 3.40. The first-order valence-corrected chi connectivity index (χ1v) is 12.0. The largest absolute Gasteiger partial charge is 0.469 e. The van der Waals surface area contributed by atoms with Gasteiger partial charge in [-0.1, -0.05) is 48.2 Å². The maximum Gasteiger partial charge on any atom is 0.235 e. The number of hydrogen-bond acceptors (Lipinski definition) is 5. The van der Waals surface area contributed by atoms with Gasteiger partial charge in [-0.2, -0.15) is 0 Å². The fourth-order valence-corrected chi connectivity index (χ4v) is 5.20. The number of amides is 1. The number of furan rings is 1. The number of benzene rings is 1. The number of hydrogen-bond donors (Lipinski definition) is 0. The van der Waals surface area contributed by atoms with E-state index in [1.807, 2.05) is 35.5 Å². The van der Waals surface area contributed by atoms with Crippen LogP contribution in [0.3, 0.4) is 0 Å². The van der Waals surface area contributed by atoms with Crippen molar-refractivity contribution in [3.8, 4) is 11.4 Å². The number of likely N-dealkylation sites (tertiary alicyclic amines) is 1. The van der Waals surface area contributed by atoms with Gasteiger partial charge < -0.3 is 9.32 Å². The van der Waals surface area contributed by atoms with Gasteiger partial charge in [0.25, 0.3) is 0 Å². The van der Waals surface area contributed by atoms with Gasteiger partial charge in [0, 0.05) is 19.6 Å². The molecule has 1 unspecified atom stereocenters. The first kappa shape index (κ1) is 22.4. The maximum absolute atomic E-state index is 13.1. The van der Waals surface area contributed by atoms with Crippen molar-refractivity contribution in [1.29, 1.82) is 0 Å². The van der Waals surface area contributed by atoms with Crippen LogP contribution in [0.5, 0.6) is 0 Å². The highest BCUT2D eigenvalue weighted by atomic mass is 32.2. The lowest BCUT2D eigenvalue weighted by Gasteiger charge is -2.33. The third-order valence-electron chi connectivity index (χ3n) is 6.05. The molecule has 7 heteroatoms. The second kappa shape index (κ2) is 10.2. The van der Waals surface area contributed by atoms with Gasteiger partial charge in [-0.3, -0.25) is 9.36 Å². The predicted molar refractivity (Wildman–Crippen MR) is 127 cm³/mol. The number of carbonyl (C=O) groups is 1. The summed E-state index contributed by atoms with van der Waals surface area (Å²) < 4.78 is 7.42. The molecule has 0 saturated carbocycles. The number of rotatable bonds is 8. The zero-order valence-electron chi connectivity index (χ0n) is 18.7. The van der Waals surface area contributed by atoms with Gasteiger partial charge in [-0.15, -0.1) is 16.8 Å². The standard InChI is InChI=1S/C25H30N4O2S/c1-4-13-29-23(22-12-16-31-18(22)2)26-27-25(29)32-19(3)24(30)28-14-10-21(11-15-28)17-20-8-6-5-7-9-20/h4-9,12,16,19,21H,1,10-11,13-15,17H2,2-3H3. The van der Waals surface area contributed by atoms with Crippen LogP contribution in [0.25, 0.3) is 11.4 Å². The molecule has 1 saturated heterocycles. The number of aryl methyl sites for hydroxylation is 1. The van der Waals surface area contributed by atoms with E-state index < -0.39 is 0 Å². The average molecular weight is 451 g/mol. The van der Waals surface area contributed by atoms with E-state index in [2.05, 4.69) is 47.1 Å². The third kappa shape index (κ3) is 4.99. The molecule has 0 radical (unpaired) electrons. The Morgan fingerprint density at radius 2 is 2.00 bits per heavy atom. The molecule has 168 valence electrons. The first-order valence-electron chi connectivity index (χ1n) is 11.1. The van der Waals surface area contributed by atoms with Gasteiger partial charge in [0.1, 0.15) is 5.76 Å². The molecule has 1 fully saturated rings. The third-order valence-corrected chi connectivity index (χ3v) is 7.12. The topological polar surface area (TPSA) is 64.2 Å². The summed E-state index contributed by atoms with van der Waals surface area (Å²) in [6, 6.07) is 12.5. The van der Waals surface area contributed by atoms with E-state index in [0.29, 0.717) is 12.5 Å². The Bertz CT molecular complexity index is 1050. The zero-order valence-corrected chi connectivity index (χ0v) is 19.6. The molecule has 2 aromatic heterocycles. The minimum atomic E-state index is -0.230. The highest BCUT2D eigenvalue weighted by Gasteiger charge is 2.28. The highest BCUT2D eigenvalue weighted by molar-refractivity contribution is 8.00. The van der Waals surface area contributed by atoms with Crippen LogP contribution in [0.4, 0.5) is 0 Å². The van der Waals surface area contributed by atoms with Crippen molar-refractivity contribution >= 4 is 17.7 Å². The minimum absolute atomic E-state index is 0.169. The molecule has 1 aliphatic rings. The van der Waals surface area contributed by atoms with E-state index in [1.54, 1.807) is 6.26 Å². The lowest BCUT2D eigenvalue weighted by molar-refractivity contribution is -0.131. The Morgan fingerprint density at radius 3 is 2.66 bits per heavy atom. The van der Waals surface area contributed by atoms with Crippen LogP contribution >= 0.6 is 11.8 Å². The Labute approximate surface area is 193 Å². The second-order valence-electron chi connectivity index (χ2n) is 8.31. The van der Waals surface area contributed by atoms with E-state index in [9.17, 15) is 4.79 Å². The summed E-state index contributed by atoms with van der Waals surface area (Å²) in [5.74, 6) is 2.34. The Kier molecular flexibility index (Phi) is 7.15. The van der Waals surface area contributed by atoms with Crippen LogP contribution in [0.2, 0.25) is 0 Å². The van der Waals surface area contributed by atoms with Gasteiger partial charge in [0.15, 0.2) is 11.0 Å². The number of aromatic nitrogens is 3. The Balaban J connectivity index is 1.37. The number of nitrogens with zero attached hydrogens (tertiary/aromatic N) is 4. The van der Waals surface area contributed by atoms with Crippen molar-refractivity contribution < 1.29 is 9.21 Å². The van der Waals surface area contributed by atoms with E-state index in [0.717, 1.165) is 54.7 Å². The van der Waals surface area contributed by atoms with E-state index in [-0.39, 0.29) is 11.2 Å². The molecule has 4 rings (SSSR count). The van der Waals surface area contributed by atoms with Gasteiger partial charge in [-0.25, -0.2) is 0 Å². The summed E-state index contributed by atoms with van der Waals surface area (Å²) in [7, 11) is 0.